The Morgan fingerprint density at radius 2 is 1.81 bits per heavy atom. The van der Waals surface area contributed by atoms with Crippen LogP contribution in [0.2, 0.25) is 5.02 Å². The van der Waals surface area contributed by atoms with Crippen molar-refractivity contribution in [3.63, 3.8) is 0 Å². The summed E-state index contributed by atoms with van der Waals surface area (Å²) in [6.07, 6.45) is 0. The zero-order valence-electron chi connectivity index (χ0n) is 13.7. The summed E-state index contributed by atoms with van der Waals surface area (Å²) in [6, 6.07) is 16.6. The van der Waals surface area contributed by atoms with E-state index in [-0.39, 0.29) is 5.69 Å². The van der Waals surface area contributed by atoms with E-state index in [0.717, 1.165) is 0 Å². The molecule has 26 heavy (non-hydrogen) atoms. The van der Waals surface area contributed by atoms with E-state index < -0.39 is 11.3 Å². The summed E-state index contributed by atoms with van der Waals surface area (Å²) < 4.78 is 1.51. The van der Waals surface area contributed by atoms with Gasteiger partial charge >= 0.3 is 0 Å². The van der Waals surface area contributed by atoms with Crippen molar-refractivity contribution >= 4 is 23.2 Å². The molecule has 0 radical (unpaired) electrons. The molecule has 1 aromatic heterocycles. The Hall–Kier alpha value is -3.43. The highest BCUT2D eigenvalue weighted by Crippen LogP contribution is 2.14. The van der Waals surface area contributed by atoms with Gasteiger partial charge in [0.1, 0.15) is 0 Å². The molecule has 3 aromatic rings. The van der Waals surface area contributed by atoms with Crippen molar-refractivity contribution in [2.45, 2.75) is 6.92 Å². The number of hydrogen-bond acceptors (Lipinski definition) is 4. The van der Waals surface area contributed by atoms with Gasteiger partial charge in [-0.1, -0.05) is 11.6 Å². The van der Waals surface area contributed by atoms with E-state index in [9.17, 15) is 9.59 Å². The molecule has 2 aromatic carbocycles. The number of rotatable bonds is 3. The minimum atomic E-state index is -0.623. The van der Waals surface area contributed by atoms with Gasteiger partial charge in [-0.05, 0) is 55.5 Å². The van der Waals surface area contributed by atoms with Gasteiger partial charge in [0, 0.05) is 22.5 Å². The Labute approximate surface area is 154 Å². The third kappa shape index (κ3) is 3.63. The lowest BCUT2D eigenvalue weighted by Gasteiger charge is -2.11. The van der Waals surface area contributed by atoms with Gasteiger partial charge in [-0.3, -0.25) is 9.59 Å². The SMILES string of the molecule is Cc1cc(=O)c(C(=O)Nc2ccc(C#N)cc2)nn1-c1ccc(Cl)cc1. The van der Waals surface area contributed by atoms with Gasteiger partial charge in [0.2, 0.25) is 5.43 Å². The van der Waals surface area contributed by atoms with Gasteiger partial charge in [0.25, 0.3) is 5.91 Å². The quantitative estimate of drug-likeness (QED) is 0.772. The fourth-order valence-corrected chi connectivity index (χ4v) is 2.49. The lowest BCUT2D eigenvalue weighted by Crippen LogP contribution is -2.26. The van der Waals surface area contributed by atoms with Crippen LogP contribution in [0.1, 0.15) is 21.7 Å². The molecular formula is C19H13ClN4O2. The Kier molecular flexibility index (Phi) is 4.83. The zero-order valence-corrected chi connectivity index (χ0v) is 14.5. The highest BCUT2D eigenvalue weighted by molar-refractivity contribution is 6.30. The van der Waals surface area contributed by atoms with E-state index in [1.54, 1.807) is 55.5 Å². The highest BCUT2D eigenvalue weighted by atomic mass is 35.5. The number of hydrogen-bond donors (Lipinski definition) is 1. The number of benzene rings is 2. The Balaban J connectivity index is 1.95. The second-order valence-corrected chi connectivity index (χ2v) is 5.97. The molecule has 6 nitrogen and oxygen atoms in total. The summed E-state index contributed by atoms with van der Waals surface area (Å²) in [6.45, 7) is 1.73. The lowest BCUT2D eigenvalue weighted by molar-refractivity contribution is 0.101. The van der Waals surface area contributed by atoms with Crippen molar-refractivity contribution in [2.24, 2.45) is 0 Å². The topological polar surface area (TPSA) is 87.8 Å². The Morgan fingerprint density at radius 3 is 2.42 bits per heavy atom. The maximum Gasteiger partial charge on any atom is 0.280 e. The number of nitrogens with zero attached hydrogens (tertiary/aromatic N) is 3. The van der Waals surface area contributed by atoms with Crippen molar-refractivity contribution in [3.8, 4) is 11.8 Å². The van der Waals surface area contributed by atoms with Crippen LogP contribution in [0.3, 0.4) is 0 Å². The largest absolute Gasteiger partial charge is 0.320 e. The molecule has 0 aliphatic carbocycles. The minimum absolute atomic E-state index is 0.227. The molecule has 1 amide bonds. The number of aryl methyl sites for hydroxylation is 1. The molecule has 1 heterocycles. The van der Waals surface area contributed by atoms with E-state index in [1.165, 1.54) is 10.7 Å². The summed E-state index contributed by atoms with van der Waals surface area (Å²) in [5.74, 6) is -0.623. The van der Waals surface area contributed by atoms with Crippen LogP contribution in [0.25, 0.3) is 5.69 Å². The predicted molar refractivity (Wildman–Crippen MR) is 98.7 cm³/mol. The summed E-state index contributed by atoms with van der Waals surface area (Å²) in [5, 5.41) is 16.2. The van der Waals surface area contributed by atoms with Crippen LogP contribution in [-0.4, -0.2) is 15.7 Å². The van der Waals surface area contributed by atoms with Crippen molar-refractivity contribution in [3.05, 3.63) is 86.8 Å². The van der Waals surface area contributed by atoms with E-state index in [4.69, 9.17) is 16.9 Å². The van der Waals surface area contributed by atoms with Gasteiger partial charge in [0.15, 0.2) is 5.69 Å². The van der Waals surface area contributed by atoms with Crippen molar-refractivity contribution in [1.82, 2.24) is 9.78 Å². The van der Waals surface area contributed by atoms with Crippen LogP contribution in [-0.2, 0) is 0 Å². The summed E-state index contributed by atoms with van der Waals surface area (Å²) >= 11 is 5.89. The fraction of sp³-hybridized carbons (Fsp3) is 0.0526. The standard InChI is InChI=1S/C19H13ClN4O2/c1-12-10-17(25)18(23-24(12)16-8-4-14(20)5-9-16)19(26)22-15-6-2-13(11-21)3-7-15/h2-10H,1H3,(H,22,26). The summed E-state index contributed by atoms with van der Waals surface area (Å²) in [7, 11) is 0. The van der Waals surface area contributed by atoms with Crippen molar-refractivity contribution in [1.29, 1.82) is 5.26 Å². The van der Waals surface area contributed by atoms with Crippen molar-refractivity contribution in [2.75, 3.05) is 5.32 Å². The van der Waals surface area contributed by atoms with Crippen molar-refractivity contribution < 1.29 is 4.79 Å². The number of halogens is 1. The number of aromatic nitrogens is 2. The van der Waals surface area contributed by atoms with Gasteiger partial charge in [-0.2, -0.15) is 10.4 Å². The fourth-order valence-electron chi connectivity index (χ4n) is 2.37. The minimum Gasteiger partial charge on any atom is -0.320 e. The number of amides is 1. The summed E-state index contributed by atoms with van der Waals surface area (Å²) in [5.41, 5.74) is 1.51. The first-order valence-corrected chi connectivity index (χ1v) is 8.04. The number of nitrogens with one attached hydrogen (secondary N) is 1. The molecule has 1 N–H and O–H groups in total. The number of carbonyl (C=O) groups excluding carboxylic acids is 1. The Morgan fingerprint density at radius 1 is 1.15 bits per heavy atom. The molecule has 0 atom stereocenters. The molecule has 0 saturated carbocycles. The molecule has 3 rings (SSSR count). The smallest absolute Gasteiger partial charge is 0.280 e. The molecule has 0 bridgehead atoms. The van der Waals surface area contributed by atoms with Gasteiger partial charge in [-0.15, -0.1) is 0 Å². The van der Waals surface area contributed by atoms with Gasteiger partial charge in [0.05, 0.1) is 17.3 Å². The molecule has 0 unspecified atom stereocenters. The van der Waals surface area contributed by atoms with E-state index in [0.29, 0.717) is 27.7 Å². The monoisotopic (exact) mass is 364 g/mol. The normalized spacial score (nSPS) is 10.2. The third-order valence-electron chi connectivity index (χ3n) is 3.67. The molecule has 0 fully saturated rings. The first kappa shape index (κ1) is 17.4. The summed E-state index contributed by atoms with van der Waals surface area (Å²) in [4.78, 5) is 24.7. The average molecular weight is 365 g/mol. The van der Waals surface area contributed by atoms with Gasteiger partial charge < -0.3 is 5.32 Å². The van der Waals surface area contributed by atoms with Crippen LogP contribution >= 0.6 is 11.6 Å². The first-order valence-electron chi connectivity index (χ1n) is 7.66. The highest BCUT2D eigenvalue weighted by Gasteiger charge is 2.15. The molecule has 7 heteroatoms. The molecule has 0 saturated heterocycles. The van der Waals surface area contributed by atoms with E-state index in [1.807, 2.05) is 6.07 Å². The maximum absolute atomic E-state index is 12.5. The maximum atomic E-state index is 12.5. The molecule has 0 aliphatic rings. The van der Waals surface area contributed by atoms with Crippen LogP contribution in [0.4, 0.5) is 5.69 Å². The third-order valence-corrected chi connectivity index (χ3v) is 3.92. The molecular weight excluding hydrogens is 352 g/mol. The Bertz CT molecular complexity index is 1060. The lowest BCUT2D eigenvalue weighted by atomic mass is 10.2. The van der Waals surface area contributed by atoms with E-state index >= 15 is 0 Å². The molecule has 0 spiro atoms. The van der Waals surface area contributed by atoms with Crippen LogP contribution < -0.4 is 10.7 Å². The predicted octanol–water partition coefficient (Wildman–Crippen LogP) is 3.32. The van der Waals surface area contributed by atoms with Crippen LogP contribution in [0.15, 0.2) is 59.4 Å². The van der Waals surface area contributed by atoms with Gasteiger partial charge in [-0.25, -0.2) is 4.68 Å². The van der Waals surface area contributed by atoms with Crippen LogP contribution in [0.5, 0.6) is 0 Å². The number of carbonyl (C=O) groups is 1. The zero-order chi connectivity index (χ0) is 18.7. The molecule has 128 valence electrons. The van der Waals surface area contributed by atoms with E-state index in [2.05, 4.69) is 10.4 Å². The van der Waals surface area contributed by atoms with Crippen LogP contribution in [0, 0.1) is 18.3 Å². The second-order valence-electron chi connectivity index (χ2n) is 5.53. The second kappa shape index (κ2) is 7.21. The number of anilines is 1. The average Bonchev–Trinajstić information content (AvgIpc) is 2.63. The number of nitriles is 1. The first-order chi connectivity index (χ1) is 12.5. The molecule has 0 aliphatic heterocycles.